The first-order valence-corrected chi connectivity index (χ1v) is 6.30. The summed E-state index contributed by atoms with van der Waals surface area (Å²) in [5, 5.41) is 3.52. The van der Waals surface area contributed by atoms with Gasteiger partial charge in [0, 0.05) is 17.1 Å². The molecule has 0 unspecified atom stereocenters. The molecule has 0 aliphatic carbocycles. The third-order valence-corrected chi connectivity index (χ3v) is 3.26. The van der Waals surface area contributed by atoms with Crippen LogP contribution in [0.5, 0.6) is 0 Å². The van der Waals surface area contributed by atoms with E-state index in [0.717, 1.165) is 5.56 Å². The summed E-state index contributed by atoms with van der Waals surface area (Å²) in [6.07, 6.45) is -2.73. The summed E-state index contributed by atoms with van der Waals surface area (Å²) in [6, 6.07) is 0. The van der Waals surface area contributed by atoms with Crippen LogP contribution in [0, 0.1) is 13.8 Å². The highest BCUT2D eigenvalue weighted by Gasteiger charge is 2.34. The second kappa shape index (κ2) is 5.12. The lowest BCUT2D eigenvalue weighted by molar-refractivity contribution is -0.137. The molecule has 0 saturated heterocycles. The molecule has 19 heavy (non-hydrogen) atoms. The van der Waals surface area contributed by atoms with Crippen molar-refractivity contribution in [2.75, 3.05) is 5.32 Å². The molecule has 0 amide bonds. The van der Waals surface area contributed by atoms with Crippen molar-refractivity contribution < 1.29 is 13.2 Å². The number of nitrogens with one attached hydrogen (secondary N) is 1. The summed E-state index contributed by atoms with van der Waals surface area (Å²) in [7, 11) is 0. The van der Waals surface area contributed by atoms with Gasteiger partial charge in [0.25, 0.3) is 0 Å². The maximum atomic E-state index is 12.4. The van der Waals surface area contributed by atoms with Gasteiger partial charge in [0.1, 0.15) is 11.6 Å². The average Bonchev–Trinajstić information content (AvgIpc) is 2.79. The van der Waals surface area contributed by atoms with Gasteiger partial charge in [-0.25, -0.2) is 15.0 Å². The molecule has 0 fully saturated rings. The zero-order valence-electron chi connectivity index (χ0n) is 10.2. The Bertz CT molecular complexity index is 580. The minimum absolute atomic E-state index is 0.198. The third-order valence-electron chi connectivity index (χ3n) is 2.32. The van der Waals surface area contributed by atoms with Crippen LogP contribution < -0.4 is 5.32 Å². The van der Waals surface area contributed by atoms with Crippen molar-refractivity contribution in [2.45, 2.75) is 26.6 Å². The lowest BCUT2D eigenvalue weighted by Gasteiger charge is -2.07. The van der Waals surface area contributed by atoms with Crippen LogP contribution >= 0.6 is 11.3 Å². The van der Waals surface area contributed by atoms with Crippen LogP contribution in [0.25, 0.3) is 0 Å². The second-order valence-corrected chi connectivity index (χ2v) is 4.80. The maximum Gasteiger partial charge on any atom is 0.443 e. The van der Waals surface area contributed by atoms with Gasteiger partial charge < -0.3 is 5.32 Å². The Morgan fingerprint density at radius 1 is 1.26 bits per heavy atom. The number of thiazole rings is 1. The Kier molecular flexibility index (Phi) is 3.70. The van der Waals surface area contributed by atoms with E-state index in [1.54, 1.807) is 13.1 Å². The van der Waals surface area contributed by atoms with Crippen molar-refractivity contribution in [3.8, 4) is 0 Å². The summed E-state index contributed by atoms with van der Waals surface area (Å²) in [6.45, 7) is 3.77. The molecule has 2 aromatic heterocycles. The monoisotopic (exact) mass is 288 g/mol. The summed E-state index contributed by atoms with van der Waals surface area (Å²) in [5.74, 6) is 1.21. The number of hydrogen-bond donors (Lipinski definition) is 1. The Balaban J connectivity index is 2.06. The summed E-state index contributed by atoms with van der Waals surface area (Å²) < 4.78 is 37.2. The Morgan fingerprint density at radius 3 is 2.63 bits per heavy atom. The fourth-order valence-electron chi connectivity index (χ4n) is 1.40. The molecule has 0 atom stereocenters. The van der Waals surface area contributed by atoms with E-state index >= 15 is 0 Å². The van der Waals surface area contributed by atoms with Crippen LogP contribution in [0.3, 0.4) is 0 Å². The fraction of sp³-hybridized carbons (Fsp3) is 0.364. The van der Waals surface area contributed by atoms with E-state index in [1.807, 2.05) is 6.92 Å². The number of anilines is 1. The van der Waals surface area contributed by atoms with E-state index in [1.165, 1.54) is 5.38 Å². The van der Waals surface area contributed by atoms with Crippen molar-refractivity contribution in [3.05, 3.63) is 33.7 Å². The van der Waals surface area contributed by atoms with E-state index in [-0.39, 0.29) is 6.54 Å². The van der Waals surface area contributed by atoms with Crippen molar-refractivity contribution in [2.24, 2.45) is 0 Å². The predicted octanol–water partition coefficient (Wildman–Crippen LogP) is 3.18. The quantitative estimate of drug-likeness (QED) is 0.942. The molecule has 4 nitrogen and oxygen atoms in total. The van der Waals surface area contributed by atoms with Gasteiger partial charge in [0.15, 0.2) is 5.01 Å². The molecule has 2 aromatic rings. The molecule has 102 valence electrons. The minimum Gasteiger partial charge on any atom is -0.364 e. The Morgan fingerprint density at radius 2 is 2.00 bits per heavy atom. The number of aryl methyl sites for hydroxylation is 2. The average molecular weight is 288 g/mol. The molecular weight excluding hydrogens is 277 g/mol. The van der Waals surface area contributed by atoms with Crippen molar-refractivity contribution in [1.29, 1.82) is 0 Å². The van der Waals surface area contributed by atoms with Gasteiger partial charge >= 0.3 is 6.18 Å². The van der Waals surface area contributed by atoms with Crippen molar-refractivity contribution in [3.63, 3.8) is 0 Å². The first kappa shape index (κ1) is 13.7. The van der Waals surface area contributed by atoms with Gasteiger partial charge in [-0.05, 0) is 13.8 Å². The first-order valence-electron chi connectivity index (χ1n) is 5.42. The summed E-state index contributed by atoms with van der Waals surface area (Å²) in [5.41, 5.74) is 1.17. The number of hydrogen-bond acceptors (Lipinski definition) is 5. The Hall–Kier alpha value is -1.70. The van der Waals surface area contributed by atoms with E-state index in [4.69, 9.17) is 0 Å². The third kappa shape index (κ3) is 3.40. The molecule has 1 N–H and O–H groups in total. The van der Waals surface area contributed by atoms with Crippen LogP contribution in [-0.4, -0.2) is 15.0 Å². The zero-order valence-corrected chi connectivity index (χ0v) is 11.1. The number of nitrogens with zero attached hydrogens (tertiary/aromatic N) is 3. The predicted molar refractivity (Wildman–Crippen MR) is 65.9 cm³/mol. The molecule has 0 aliphatic rings. The highest BCUT2D eigenvalue weighted by atomic mass is 32.1. The van der Waals surface area contributed by atoms with E-state index in [2.05, 4.69) is 20.3 Å². The van der Waals surface area contributed by atoms with Crippen LogP contribution in [0.2, 0.25) is 0 Å². The minimum atomic E-state index is -4.38. The largest absolute Gasteiger partial charge is 0.443 e. The number of halogens is 3. The molecule has 2 heterocycles. The SMILES string of the molecule is Cc1ncc(C)c(NCc2csc(C(F)(F)F)n2)n1. The number of rotatable bonds is 3. The van der Waals surface area contributed by atoms with Gasteiger partial charge in [-0.3, -0.25) is 0 Å². The first-order chi connectivity index (χ1) is 8.86. The fourth-order valence-corrected chi connectivity index (χ4v) is 2.09. The van der Waals surface area contributed by atoms with E-state index < -0.39 is 11.2 Å². The van der Waals surface area contributed by atoms with Gasteiger partial charge in [0.2, 0.25) is 0 Å². The lowest BCUT2D eigenvalue weighted by atomic mass is 10.3. The van der Waals surface area contributed by atoms with E-state index in [0.29, 0.717) is 28.7 Å². The summed E-state index contributed by atoms with van der Waals surface area (Å²) in [4.78, 5) is 11.7. The normalized spacial score (nSPS) is 11.6. The highest BCUT2D eigenvalue weighted by molar-refractivity contribution is 7.09. The second-order valence-electron chi connectivity index (χ2n) is 3.94. The molecule has 0 radical (unpaired) electrons. The van der Waals surface area contributed by atoms with Gasteiger partial charge in [-0.15, -0.1) is 11.3 Å². The van der Waals surface area contributed by atoms with E-state index in [9.17, 15) is 13.2 Å². The smallest absolute Gasteiger partial charge is 0.364 e. The van der Waals surface area contributed by atoms with Gasteiger partial charge in [-0.1, -0.05) is 0 Å². The van der Waals surface area contributed by atoms with Crippen LogP contribution in [-0.2, 0) is 12.7 Å². The van der Waals surface area contributed by atoms with Crippen LogP contribution in [0.1, 0.15) is 22.1 Å². The molecule has 0 aromatic carbocycles. The molecule has 0 aliphatic heterocycles. The summed E-state index contributed by atoms with van der Waals surface area (Å²) >= 11 is 0.590. The highest BCUT2D eigenvalue weighted by Crippen LogP contribution is 2.31. The van der Waals surface area contributed by atoms with Gasteiger partial charge in [0.05, 0.1) is 12.2 Å². The molecule has 2 rings (SSSR count). The standard InChI is InChI=1S/C11H11F3N4S/c1-6-3-15-7(2)17-9(6)16-4-8-5-19-10(18-8)11(12,13)14/h3,5H,4H2,1-2H3,(H,15,16,17). The maximum absolute atomic E-state index is 12.4. The zero-order chi connectivity index (χ0) is 14.0. The van der Waals surface area contributed by atoms with Crippen LogP contribution in [0.15, 0.2) is 11.6 Å². The molecule has 0 spiro atoms. The lowest BCUT2D eigenvalue weighted by Crippen LogP contribution is -2.07. The number of aromatic nitrogens is 3. The molecule has 0 saturated carbocycles. The topological polar surface area (TPSA) is 50.7 Å². The van der Waals surface area contributed by atoms with Crippen molar-refractivity contribution >= 4 is 17.2 Å². The molecular formula is C11H11F3N4S. The molecule has 0 bridgehead atoms. The molecule has 8 heteroatoms. The number of alkyl halides is 3. The Labute approximate surface area is 111 Å². The van der Waals surface area contributed by atoms with Crippen molar-refractivity contribution in [1.82, 2.24) is 15.0 Å². The van der Waals surface area contributed by atoms with Crippen LogP contribution in [0.4, 0.5) is 19.0 Å². The van der Waals surface area contributed by atoms with Gasteiger partial charge in [-0.2, -0.15) is 13.2 Å².